The number of Topliss-reactive ketones (excluding diaryl/α,β-unsaturated/α-hetero) is 2. The molecule has 49 heavy (non-hydrogen) atoms. The first kappa shape index (κ1) is 36.9. The van der Waals surface area contributed by atoms with Gasteiger partial charge in [0.25, 0.3) is 5.91 Å². The molecule has 0 aromatic heterocycles. The molecule has 0 bridgehead atoms. The highest BCUT2D eigenvalue weighted by Crippen LogP contribution is 2.42. The van der Waals surface area contributed by atoms with Crippen molar-refractivity contribution in [1.82, 2.24) is 15.5 Å². The number of hydrogen-bond donors (Lipinski definition) is 2. The molecule has 4 atom stereocenters. The number of rotatable bonds is 13. The lowest BCUT2D eigenvalue weighted by Crippen LogP contribution is -2.54. The molecule has 2 N–H and O–H groups in total. The molecule has 0 radical (unpaired) electrons. The van der Waals surface area contributed by atoms with Crippen LogP contribution in [0.2, 0.25) is 5.02 Å². The van der Waals surface area contributed by atoms with Crippen molar-refractivity contribution in [3.63, 3.8) is 0 Å². The SMILES string of the molecule is CCC[C@H](NC(=O)[C@@H]1C[C@]2(CC(c3cc(F)cc(Cl)c3)=NO2)CN1C(=O)[C@@H](CC(=O)CC1CCOCC1)C(C)(C)C)C(=O)C(=O)NC1CC1. The summed E-state index contributed by atoms with van der Waals surface area (Å²) in [5, 5.41) is 9.90. The Morgan fingerprint density at radius 2 is 1.82 bits per heavy atom. The predicted octanol–water partition coefficient (Wildman–Crippen LogP) is 4.51. The quantitative estimate of drug-likeness (QED) is 0.288. The van der Waals surface area contributed by atoms with Gasteiger partial charge in [-0.15, -0.1) is 0 Å². The largest absolute Gasteiger partial charge is 0.387 e. The molecule has 1 saturated carbocycles. The van der Waals surface area contributed by atoms with Gasteiger partial charge in [0.2, 0.25) is 17.6 Å². The Hall–Kier alpha value is -3.38. The number of amides is 3. The third-order valence-corrected chi connectivity index (χ3v) is 10.2. The van der Waals surface area contributed by atoms with Crippen LogP contribution in [-0.2, 0) is 33.5 Å². The summed E-state index contributed by atoms with van der Waals surface area (Å²) < 4.78 is 19.7. The summed E-state index contributed by atoms with van der Waals surface area (Å²) in [5.41, 5.74) is -0.899. The van der Waals surface area contributed by atoms with Crippen LogP contribution >= 0.6 is 11.6 Å². The van der Waals surface area contributed by atoms with Crippen LogP contribution in [0.3, 0.4) is 0 Å². The second-order valence-electron chi connectivity index (χ2n) is 15.2. The molecule has 1 aromatic carbocycles. The molecule has 268 valence electrons. The van der Waals surface area contributed by atoms with Crippen molar-refractivity contribution < 1.29 is 37.9 Å². The zero-order valence-electron chi connectivity index (χ0n) is 28.8. The molecule has 5 rings (SSSR count). The van der Waals surface area contributed by atoms with Gasteiger partial charge in [-0.25, -0.2) is 4.39 Å². The molecule has 11 nitrogen and oxygen atoms in total. The summed E-state index contributed by atoms with van der Waals surface area (Å²) in [4.78, 5) is 75.3. The number of likely N-dealkylation sites (tertiary alicyclic amines) is 1. The lowest BCUT2D eigenvalue weighted by molar-refractivity contribution is -0.147. The highest BCUT2D eigenvalue weighted by Gasteiger charge is 2.55. The van der Waals surface area contributed by atoms with Crippen LogP contribution in [0.1, 0.15) is 97.5 Å². The molecule has 1 aromatic rings. The van der Waals surface area contributed by atoms with Crippen LogP contribution in [0, 0.1) is 23.1 Å². The van der Waals surface area contributed by atoms with Crippen molar-refractivity contribution in [2.75, 3.05) is 19.8 Å². The number of carbonyl (C=O) groups is 5. The van der Waals surface area contributed by atoms with Crippen LogP contribution in [0.4, 0.5) is 4.39 Å². The number of benzene rings is 1. The van der Waals surface area contributed by atoms with Gasteiger partial charge in [0.1, 0.15) is 17.6 Å². The molecule has 3 fully saturated rings. The Bertz CT molecular complexity index is 1470. The van der Waals surface area contributed by atoms with Gasteiger partial charge in [-0.2, -0.15) is 0 Å². The van der Waals surface area contributed by atoms with Gasteiger partial charge in [0.05, 0.1) is 18.3 Å². The van der Waals surface area contributed by atoms with E-state index in [0.717, 1.165) is 25.7 Å². The number of hydrogen-bond acceptors (Lipinski definition) is 8. The molecule has 13 heteroatoms. The molecule has 0 unspecified atom stereocenters. The third-order valence-electron chi connectivity index (χ3n) is 10.00. The monoisotopic (exact) mass is 702 g/mol. The fourth-order valence-corrected chi connectivity index (χ4v) is 7.24. The van der Waals surface area contributed by atoms with E-state index in [1.54, 1.807) is 6.07 Å². The van der Waals surface area contributed by atoms with Crippen LogP contribution in [0.15, 0.2) is 23.4 Å². The maximum Gasteiger partial charge on any atom is 0.289 e. The zero-order valence-corrected chi connectivity index (χ0v) is 29.6. The van der Waals surface area contributed by atoms with Gasteiger partial charge in [-0.05, 0) is 61.6 Å². The van der Waals surface area contributed by atoms with Crippen LogP contribution < -0.4 is 10.6 Å². The summed E-state index contributed by atoms with van der Waals surface area (Å²) >= 11 is 6.11. The number of nitrogens with one attached hydrogen (secondary N) is 2. The van der Waals surface area contributed by atoms with E-state index < -0.39 is 52.4 Å². The van der Waals surface area contributed by atoms with Crippen molar-refractivity contribution >= 4 is 46.6 Å². The van der Waals surface area contributed by atoms with Gasteiger partial charge in [0.15, 0.2) is 5.60 Å². The van der Waals surface area contributed by atoms with Gasteiger partial charge in [-0.3, -0.25) is 24.0 Å². The summed E-state index contributed by atoms with van der Waals surface area (Å²) in [6, 6.07) is 1.87. The van der Waals surface area contributed by atoms with Gasteiger partial charge in [-0.1, -0.05) is 50.9 Å². The number of carbonyl (C=O) groups excluding carboxylic acids is 5. The molecule has 1 spiro atoms. The van der Waals surface area contributed by atoms with E-state index in [0.29, 0.717) is 37.3 Å². The van der Waals surface area contributed by atoms with Crippen LogP contribution in [0.5, 0.6) is 0 Å². The van der Waals surface area contributed by atoms with E-state index in [9.17, 15) is 28.4 Å². The Kier molecular flexibility index (Phi) is 11.5. The Labute approximate surface area is 292 Å². The number of halogens is 2. The van der Waals surface area contributed by atoms with Gasteiger partial charge < -0.3 is 25.1 Å². The molecular formula is C36H48ClFN4O7. The lowest BCUT2D eigenvalue weighted by Gasteiger charge is -2.35. The fraction of sp³-hybridized carbons (Fsp3) is 0.667. The highest BCUT2D eigenvalue weighted by molar-refractivity contribution is 6.38. The molecule has 1 aliphatic carbocycles. The minimum Gasteiger partial charge on any atom is -0.387 e. The number of ketones is 2. The number of oxime groups is 1. The van der Waals surface area contributed by atoms with E-state index in [1.165, 1.54) is 17.0 Å². The van der Waals surface area contributed by atoms with Crippen LogP contribution in [-0.4, -0.2) is 83.4 Å². The average Bonchev–Trinajstić information content (AvgIpc) is 3.63. The molecular weight excluding hydrogens is 655 g/mol. The summed E-state index contributed by atoms with van der Waals surface area (Å²) in [6.45, 7) is 8.74. The van der Waals surface area contributed by atoms with Gasteiger partial charge >= 0.3 is 0 Å². The van der Waals surface area contributed by atoms with Crippen LogP contribution in [0.25, 0.3) is 0 Å². The Morgan fingerprint density at radius 1 is 1.10 bits per heavy atom. The molecule has 2 saturated heterocycles. The number of nitrogens with zero attached hydrogens (tertiary/aromatic N) is 2. The maximum absolute atomic E-state index is 14.6. The second kappa shape index (κ2) is 15.2. The smallest absolute Gasteiger partial charge is 0.289 e. The molecule has 3 amide bonds. The van der Waals surface area contributed by atoms with Crippen molar-refractivity contribution in [3.8, 4) is 0 Å². The molecule has 3 heterocycles. The Morgan fingerprint density at radius 3 is 2.45 bits per heavy atom. The lowest BCUT2D eigenvalue weighted by atomic mass is 9.75. The summed E-state index contributed by atoms with van der Waals surface area (Å²) in [7, 11) is 0. The molecule has 4 aliphatic rings. The zero-order chi connectivity index (χ0) is 35.5. The summed E-state index contributed by atoms with van der Waals surface area (Å²) in [5.74, 6) is -3.54. The average molecular weight is 703 g/mol. The first-order valence-corrected chi connectivity index (χ1v) is 17.8. The first-order valence-electron chi connectivity index (χ1n) is 17.4. The first-order chi connectivity index (χ1) is 23.2. The van der Waals surface area contributed by atoms with Crippen molar-refractivity contribution in [2.24, 2.45) is 22.4 Å². The standard InChI is InChI=1S/C36H48ClFN4O7/c1-5-6-28(31(44)33(46)39-25-7-8-25)40-32(45)30-19-36(18-29(41-49-36)22-14-23(37)16-24(38)15-22)20-42(30)34(47)27(35(2,3)4)17-26(43)13-21-9-11-48-12-10-21/h14-16,21,25,27-28,30H,5-13,17-20H2,1-4H3,(H,39,46)(H,40,45)/t27-,28+,30+,36-/m1/s1. The minimum atomic E-state index is -1.12. The highest BCUT2D eigenvalue weighted by atomic mass is 35.5. The second-order valence-corrected chi connectivity index (χ2v) is 15.7. The Balaban J connectivity index is 1.39. The minimum absolute atomic E-state index is 0.0141. The van der Waals surface area contributed by atoms with Crippen molar-refractivity contribution in [3.05, 3.63) is 34.6 Å². The van der Waals surface area contributed by atoms with Gasteiger partial charge in [0, 0.05) is 61.4 Å². The van der Waals surface area contributed by atoms with E-state index in [4.69, 9.17) is 21.2 Å². The van der Waals surface area contributed by atoms with E-state index >= 15 is 0 Å². The maximum atomic E-state index is 14.6. The fourth-order valence-electron chi connectivity index (χ4n) is 7.02. The van der Waals surface area contributed by atoms with E-state index in [-0.39, 0.29) is 60.9 Å². The third kappa shape index (κ3) is 9.25. The van der Waals surface area contributed by atoms with E-state index in [1.807, 2.05) is 27.7 Å². The number of ether oxygens (including phenoxy) is 1. The van der Waals surface area contributed by atoms with E-state index in [2.05, 4.69) is 15.8 Å². The summed E-state index contributed by atoms with van der Waals surface area (Å²) in [6.07, 6.45) is 4.56. The van der Waals surface area contributed by atoms with Crippen molar-refractivity contribution in [2.45, 2.75) is 116 Å². The normalized spacial score (nSPS) is 23.8. The molecule has 3 aliphatic heterocycles. The topological polar surface area (TPSA) is 143 Å². The van der Waals surface area contributed by atoms with Crippen molar-refractivity contribution in [1.29, 1.82) is 0 Å². The predicted molar refractivity (Wildman–Crippen MR) is 180 cm³/mol.